The molecule has 0 radical (unpaired) electrons. The predicted octanol–water partition coefficient (Wildman–Crippen LogP) is 2.97. The zero-order valence-corrected chi connectivity index (χ0v) is 17.7. The van der Waals surface area contributed by atoms with Crippen LogP contribution in [0.3, 0.4) is 0 Å². The molecule has 1 aromatic heterocycles. The van der Waals surface area contributed by atoms with Crippen LogP contribution in [0.25, 0.3) is 16.6 Å². The van der Waals surface area contributed by atoms with Crippen molar-refractivity contribution in [1.82, 2.24) is 14.5 Å². The maximum Gasteiger partial charge on any atom is 0.337 e. The minimum absolute atomic E-state index is 0.188. The van der Waals surface area contributed by atoms with E-state index < -0.39 is 5.97 Å². The number of benzene rings is 2. The molecule has 0 spiro atoms. The molecule has 7 nitrogen and oxygen atoms in total. The number of piperazine rings is 1. The van der Waals surface area contributed by atoms with Crippen LogP contribution in [-0.2, 0) is 4.74 Å². The van der Waals surface area contributed by atoms with Crippen molar-refractivity contribution in [2.45, 2.75) is 6.92 Å². The van der Waals surface area contributed by atoms with Gasteiger partial charge in [-0.2, -0.15) is 0 Å². The predicted molar refractivity (Wildman–Crippen MR) is 118 cm³/mol. The van der Waals surface area contributed by atoms with Crippen LogP contribution in [0, 0.1) is 0 Å². The van der Waals surface area contributed by atoms with Crippen molar-refractivity contribution in [3.63, 3.8) is 0 Å². The first kappa shape index (κ1) is 20.4. The van der Waals surface area contributed by atoms with Crippen molar-refractivity contribution in [2.75, 3.05) is 44.7 Å². The Hall–Kier alpha value is -2.90. The lowest BCUT2D eigenvalue weighted by atomic mass is 10.1. The molecule has 0 aliphatic carbocycles. The lowest BCUT2D eigenvalue weighted by molar-refractivity contribution is 0.0601. The number of rotatable bonds is 4. The highest BCUT2D eigenvalue weighted by molar-refractivity contribution is 6.30. The van der Waals surface area contributed by atoms with Gasteiger partial charge in [-0.25, -0.2) is 14.3 Å². The van der Waals surface area contributed by atoms with E-state index in [1.54, 1.807) is 34.9 Å². The third-order valence-electron chi connectivity index (χ3n) is 5.46. The molecule has 0 atom stereocenters. The Bertz CT molecular complexity index is 1140. The van der Waals surface area contributed by atoms with Gasteiger partial charge in [0, 0.05) is 31.2 Å². The first-order valence-corrected chi connectivity index (χ1v) is 10.3. The van der Waals surface area contributed by atoms with Crippen molar-refractivity contribution in [1.29, 1.82) is 0 Å². The molecule has 4 rings (SSSR count). The number of ether oxygens (including phenoxy) is 1. The van der Waals surface area contributed by atoms with Gasteiger partial charge in [-0.1, -0.05) is 18.5 Å². The average Bonchev–Trinajstić information content (AvgIpc) is 2.79. The summed E-state index contributed by atoms with van der Waals surface area (Å²) in [6.45, 7) is 6.44. The van der Waals surface area contributed by atoms with Crippen molar-refractivity contribution in [3.8, 4) is 5.69 Å². The molecular weight excluding hydrogens is 404 g/mol. The molecule has 0 saturated carbocycles. The summed E-state index contributed by atoms with van der Waals surface area (Å²) in [6, 6.07) is 12.0. The van der Waals surface area contributed by atoms with Crippen LogP contribution in [0.1, 0.15) is 17.3 Å². The topological polar surface area (TPSA) is 67.7 Å². The summed E-state index contributed by atoms with van der Waals surface area (Å²) >= 11 is 6.05. The number of methoxy groups -OCH3 is 1. The lowest BCUT2D eigenvalue weighted by Crippen LogP contribution is -2.48. The molecule has 1 aliphatic heterocycles. The third kappa shape index (κ3) is 3.78. The summed E-state index contributed by atoms with van der Waals surface area (Å²) in [5, 5.41) is 1.04. The SMILES string of the molecule is CCN1CCN(c2nc3cc(C(=O)OC)ccc3c(=O)n2-c2ccc(Cl)cc2)CC1. The molecule has 0 unspecified atom stereocenters. The van der Waals surface area contributed by atoms with Gasteiger partial charge in [0.1, 0.15) is 0 Å². The number of likely N-dealkylation sites (N-methyl/N-ethyl adjacent to an activating group) is 1. The van der Waals surface area contributed by atoms with E-state index in [4.69, 9.17) is 21.3 Å². The van der Waals surface area contributed by atoms with Crippen LogP contribution in [0.15, 0.2) is 47.3 Å². The maximum atomic E-state index is 13.5. The molecule has 2 aromatic carbocycles. The van der Waals surface area contributed by atoms with Gasteiger partial charge in [0.05, 0.1) is 29.3 Å². The van der Waals surface area contributed by atoms with E-state index in [-0.39, 0.29) is 5.56 Å². The second-order valence-electron chi connectivity index (χ2n) is 7.17. The Morgan fingerprint density at radius 1 is 1.10 bits per heavy atom. The van der Waals surface area contributed by atoms with E-state index >= 15 is 0 Å². The zero-order valence-electron chi connectivity index (χ0n) is 17.0. The van der Waals surface area contributed by atoms with Gasteiger partial charge >= 0.3 is 5.97 Å². The second kappa shape index (κ2) is 8.45. The Kier molecular flexibility index (Phi) is 5.74. The van der Waals surface area contributed by atoms with E-state index in [1.165, 1.54) is 7.11 Å². The average molecular weight is 427 g/mol. The van der Waals surface area contributed by atoms with Gasteiger partial charge in [-0.3, -0.25) is 4.79 Å². The van der Waals surface area contributed by atoms with Crippen LogP contribution in [-0.4, -0.2) is 60.3 Å². The molecule has 0 N–H and O–H groups in total. The van der Waals surface area contributed by atoms with Gasteiger partial charge in [0.25, 0.3) is 5.56 Å². The van der Waals surface area contributed by atoms with E-state index in [0.29, 0.717) is 33.1 Å². The van der Waals surface area contributed by atoms with Crippen molar-refractivity contribution >= 4 is 34.4 Å². The fraction of sp³-hybridized carbons (Fsp3) is 0.318. The Morgan fingerprint density at radius 2 is 1.80 bits per heavy atom. The molecule has 0 bridgehead atoms. The monoisotopic (exact) mass is 426 g/mol. The molecule has 2 heterocycles. The Morgan fingerprint density at radius 3 is 2.43 bits per heavy atom. The molecule has 3 aromatic rings. The lowest BCUT2D eigenvalue weighted by Gasteiger charge is -2.35. The summed E-state index contributed by atoms with van der Waals surface area (Å²) in [7, 11) is 1.33. The van der Waals surface area contributed by atoms with Crippen LogP contribution < -0.4 is 10.5 Å². The quantitative estimate of drug-likeness (QED) is 0.597. The van der Waals surface area contributed by atoms with Gasteiger partial charge in [0.2, 0.25) is 5.95 Å². The first-order valence-electron chi connectivity index (χ1n) is 9.90. The largest absolute Gasteiger partial charge is 0.465 e. The highest BCUT2D eigenvalue weighted by Gasteiger charge is 2.23. The number of halogens is 1. The van der Waals surface area contributed by atoms with Crippen molar-refractivity contribution < 1.29 is 9.53 Å². The maximum absolute atomic E-state index is 13.5. The molecule has 1 saturated heterocycles. The zero-order chi connectivity index (χ0) is 21.3. The smallest absolute Gasteiger partial charge is 0.337 e. The third-order valence-corrected chi connectivity index (χ3v) is 5.71. The van der Waals surface area contributed by atoms with E-state index in [9.17, 15) is 9.59 Å². The minimum atomic E-state index is -0.460. The normalized spacial score (nSPS) is 14.8. The Balaban J connectivity index is 1.90. The molecule has 0 amide bonds. The first-order chi connectivity index (χ1) is 14.5. The number of hydrogen-bond donors (Lipinski definition) is 0. The second-order valence-corrected chi connectivity index (χ2v) is 7.61. The fourth-order valence-electron chi connectivity index (χ4n) is 3.72. The summed E-state index contributed by atoms with van der Waals surface area (Å²) < 4.78 is 6.43. The standard InChI is InChI=1S/C22H23ClN4O3/c1-3-25-10-12-26(13-11-25)22-24-19-14-15(21(29)30-2)4-9-18(19)20(28)27(22)17-7-5-16(23)6-8-17/h4-9,14H,3,10-13H2,1-2H3. The number of carbonyl (C=O) groups excluding carboxylic acids is 1. The molecular formula is C22H23ClN4O3. The summed E-state index contributed by atoms with van der Waals surface area (Å²) in [6.07, 6.45) is 0. The van der Waals surface area contributed by atoms with E-state index in [1.807, 2.05) is 12.1 Å². The number of nitrogens with zero attached hydrogens (tertiary/aromatic N) is 4. The molecule has 1 aliphatic rings. The van der Waals surface area contributed by atoms with E-state index in [0.717, 1.165) is 32.7 Å². The van der Waals surface area contributed by atoms with Gasteiger partial charge in [-0.05, 0) is 49.0 Å². The molecule has 30 heavy (non-hydrogen) atoms. The highest BCUT2D eigenvalue weighted by Crippen LogP contribution is 2.23. The number of esters is 1. The molecule has 1 fully saturated rings. The van der Waals surface area contributed by atoms with Crippen molar-refractivity contribution in [3.05, 3.63) is 63.4 Å². The highest BCUT2D eigenvalue weighted by atomic mass is 35.5. The fourth-order valence-corrected chi connectivity index (χ4v) is 3.84. The Labute approximate surface area is 179 Å². The van der Waals surface area contributed by atoms with Gasteiger partial charge < -0.3 is 14.5 Å². The van der Waals surface area contributed by atoms with E-state index in [2.05, 4.69) is 16.7 Å². The number of fused-ring (bicyclic) bond motifs is 1. The minimum Gasteiger partial charge on any atom is -0.465 e. The summed E-state index contributed by atoms with van der Waals surface area (Å²) in [5.41, 5.74) is 1.35. The number of hydrogen-bond acceptors (Lipinski definition) is 6. The van der Waals surface area contributed by atoms with Crippen molar-refractivity contribution in [2.24, 2.45) is 0 Å². The summed E-state index contributed by atoms with van der Waals surface area (Å²) in [4.78, 5) is 34.7. The van der Waals surface area contributed by atoms with Crippen LogP contribution >= 0.6 is 11.6 Å². The summed E-state index contributed by atoms with van der Waals surface area (Å²) in [5.74, 6) is 0.103. The number of aromatic nitrogens is 2. The van der Waals surface area contributed by atoms with Gasteiger partial charge in [-0.15, -0.1) is 0 Å². The molecule has 156 valence electrons. The van der Waals surface area contributed by atoms with Gasteiger partial charge in [0.15, 0.2) is 0 Å². The number of anilines is 1. The van der Waals surface area contributed by atoms with Crippen LogP contribution in [0.2, 0.25) is 5.02 Å². The van der Waals surface area contributed by atoms with Crippen LogP contribution in [0.4, 0.5) is 5.95 Å². The molecule has 8 heteroatoms. The number of carbonyl (C=O) groups is 1. The van der Waals surface area contributed by atoms with Crippen LogP contribution in [0.5, 0.6) is 0 Å².